The highest BCUT2D eigenvalue weighted by molar-refractivity contribution is 5.79. The molecule has 0 aliphatic carbocycles. The van der Waals surface area contributed by atoms with E-state index >= 15 is 0 Å². The van der Waals surface area contributed by atoms with Crippen LogP contribution in [0.3, 0.4) is 0 Å². The molecular formula is C17H18N2O3. The molecular weight excluding hydrogens is 280 g/mol. The van der Waals surface area contributed by atoms with Crippen molar-refractivity contribution in [3.05, 3.63) is 75.3 Å². The van der Waals surface area contributed by atoms with Crippen molar-refractivity contribution < 1.29 is 9.72 Å². The van der Waals surface area contributed by atoms with Crippen LogP contribution < -0.4 is 0 Å². The van der Waals surface area contributed by atoms with Gasteiger partial charge in [-0.15, -0.1) is 0 Å². The highest BCUT2D eigenvalue weighted by atomic mass is 16.6. The van der Waals surface area contributed by atoms with Crippen molar-refractivity contribution >= 4 is 11.6 Å². The zero-order valence-corrected chi connectivity index (χ0v) is 12.7. The molecule has 0 saturated carbocycles. The Kier molecular flexibility index (Phi) is 4.88. The molecule has 22 heavy (non-hydrogen) atoms. The molecule has 2 aromatic carbocycles. The van der Waals surface area contributed by atoms with Gasteiger partial charge in [0.25, 0.3) is 5.69 Å². The minimum atomic E-state index is -0.456. The minimum Gasteiger partial charge on any atom is -0.341 e. The molecule has 0 fully saturated rings. The fourth-order valence-corrected chi connectivity index (χ4v) is 2.19. The third-order valence-electron chi connectivity index (χ3n) is 3.50. The third kappa shape index (κ3) is 3.91. The number of carbonyl (C=O) groups is 1. The molecule has 0 aliphatic rings. The number of para-hydroxylation sites is 1. The van der Waals surface area contributed by atoms with Gasteiger partial charge in [-0.3, -0.25) is 14.9 Å². The van der Waals surface area contributed by atoms with E-state index in [2.05, 4.69) is 0 Å². The zero-order chi connectivity index (χ0) is 16.1. The van der Waals surface area contributed by atoms with Crippen molar-refractivity contribution in [2.24, 2.45) is 0 Å². The van der Waals surface area contributed by atoms with Crippen LogP contribution in [0.4, 0.5) is 5.69 Å². The number of rotatable bonds is 5. The SMILES string of the molecule is Cc1ccc(CN(C)C(=O)Cc2ccccc2[N+](=O)[O-])cc1. The van der Waals surface area contributed by atoms with Gasteiger partial charge in [0, 0.05) is 25.2 Å². The zero-order valence-electron chi connectivity index (χ0n) is 12.7. The van der Waals surface area contributed by atoms with Gasteiger partial charge in [0.1, 0.15) is 0 Å². The summed E-state index contributed by atoms with van der Waals surface area (Å²) in [5.74, 6) is -0.144. The van der Waals surface area contributed by atoms with Gasteiger partial charge in [0.2, 0.25) is 5.91 Å². The molecule has 0 spiro atoms. The lowest BCUT2D eigenvalue weighted by Crippen LogP contribution is -2.27. The van der Waals surface area contributed by atoms with Crippen molar-refractivity contribution in [1.29, 1.82) is 0 Å². The smallest absolute Gasteiger partial charge is 0.273 e. The van der Waals surface area contributed by atoms with Gasteiger partial charge < -0.3 is 4.90 Å². The van der Waals surface area contributed by atoms with Gasteiger partial charge in [-0.2, -0.15) is 0 Å². The molecule has 0 atom stereocenters. The maximum atomic E-state index is 12.3. The molecule has 0 saturated heterocycles. The van der Waals surface area contributed by atoms with Gasteiger partial charge in [-0.1, -0.05) is 48.0 Å². The number of amides is 1. The first-order valence-electron chi connectivity index (χ1n) is 6.99. The summed E-state index contributed by atoms with van der Waals surface area (Å²) in [6.45, 7) is 2.49. The van der Waals surface area contributed by atoms with Gasteiger partial charge in [0.05, 0.1) is 11.3 Å². The summed E-state index contributed by atoms with van der Waals surface area (Å²) in [4.78, 5) is 24.4. The van der Waals surface area contributed by atoms with Gasteiger partial charge in [-0.25, -0.2) is 0 Å². The maximum absolute atomic E-state index is 12.3. The predicted octanol–water partition coefficient (Wildman–Crippen LogP) is 3.10. The summed E-state index contributed by atoms with van der Waals surface area (Å²) in [5.41, 5.74) is 2.62. The summed E-state index contributed by atoms with van der Waals surface area (Å²) in [6, 6.07) is 14.3. The Labute approximate surface area is 129 Å². The number of hydrogen-bond acceptors (Lipinski definition) is 3. The summed E-state index contributed by atoms with van der Waals surface area (Å²) >= 11 is 0. The Morgan fingerprint density at radius 2 is 1.77 bits per heavy atom. The molecule has 114 valence electrons. The van der Waals surface area contributed by atoms with Gasteiger partial charge in [0.15, 0.2) is 0 Å². The molecule has 0 unspecified atom stereocenters. The summed E-state index contributed by atoms with van der Waals surface area (Å²) in [5, 5.41) is 11.0. The van der Waals surface area contributed by atoms with E-state index < -0.39 is 4.92 Å². The topological polar surface area (TPSA) is 63.5 Å². The number of nitro benzene ring substituents is 1. The van der Waals surface area contributed by atoms with Crippen LogP contribution in [0.15, 0.2) is 48.5 Å². The second kappa shape index (κ2) is 6.85. The summed E-state index contributed by atoms with van der Waals surface area (Å²) < 4.78 is 0. The lowest BCUT2D eigenvalue weighted by Gasteiger charge is -2.17. The molecule has 0 aliphatic heterocycles. The van der Waals surface area contributed by atoms with E-state index in [9.17, 15) is 14.9 Å². The molecule has 0 bridgehead atoms. The second-order valence-corrected chi connectivity index (χ2v) is 5.30. The van der Waals surface area contributed by atoms with Crippen LogP contribution in [0.25, 0.3) is 0 Å². The van der Waals surface area contributed by atoms with Crippen LogP contribution in [-0.4, -0.2) is 22.8 Å². The summed E-state index contributed by atoms with van der Waals surface area (Å²) in [6.07, 6.45) is 0.0273. The molecule has 0 aromatic heterocycles. The molecule has 2 aromatic rings. The average molecular weight is 298 g/mol. The fourth-order valence-electron chi connectivity index (χ4n) is 2.19. The van der Waals surface area contributed by atoms with Crippen molar-refractivity contribution in [3.8, 4) is 0 Å². The first-order valence-corrected chi connectivity index (χ1v) is 6.99. The van der Waals surface area contributed by atoms with Crippen LogP contribution in [0.2, 0.25) is 0 Å². The van der Waals surface area contributed by atoms with E-state index in [0.29, 0.717) is 12.1 Å². The standard InChI is InChI=1S/C17H18N2O3/c1-13-7-9-14(10-8-13)12-18(2)17(20)11-15-5-3-4-6-16(15)19(21)22/h3-10H,11-12H2,1-2H3. The maximum Gasteiger partial charge on any atom is 0.273 e. The minimum absolute atomic E-state index is 0.0143. The quantitative estimate of drug-likeness (QED) is 0.629. The number of carbonyl (C=O) groups excluding carboxylic acids is 1. The van der Waals surface area contributed by atoms with Crippen molar-refractivity contribution in [3.63, 3.8) is 0 Å². The van der Waals surface area contributed by atoms with Crippen LogP contribution in [0.5, 0.6) is 0 Å². The van der Waals surface area contributed by atoms with Crippen molar-refractivity contribution in [2.45, 2.75) is 19.9 Å². The normalized spacial score (nSPS) is 10.3. The lowest BCUT2D eigenvalue weighted by molar-refractivity contribution is -0.385. The molecule has 0 N–H and O–H groups in total. The lowest BCUT2D eigenvalue weighted by atomic mass is 10.1. The number of aryl methyl sites for hydroxylation is 1. The van der Waals surface area contributed by atoms with Gasteiger partial charge in [-0.05, 0) is 12.5 Å². The van der Waals surface area contributed by atoms with Crippen LogP contribution in [-0.2, 0) is 17.8 Å². The first-order chi connectivity index (χ1) is 10.5. The monoisotopic (exact) mass is 298 g/mol. The largest absolute Gasteiger partial charge is 0.341 e. The van der Waals surface area contributed by atoms with Crippen LogP contribution in [0.1, 0.15) is 16.7 Å². The number of benzene rings is 2. The molecule has 0 heterocycles. The molecule has 2 rings (SSSR count). The Bertz CT molecular complexity index is 681. The summed E-state index contributed by atoms with van der Waals surface area (Å²) in [7, 11) is 1.71. The fraction of sp³-hybridized carbons (Fsp3) is 0.235. The number of nitrogens with zero attached hydrogens (tertiary/aromatic N) is 2. The van der Waals surface area contributed by atoms with Gasteiger partial charge >= 0.3 is 0 Å². The Balaban J connectivity index is 2.05. The van der Waals surface area contributed by atoms with E-state index in [0.717, 1.165) is 11.1 Å². The molecule has 5 nitrogen and oxygen atoms in total. The van der Waals surface area contributed by atoms with Crippen molar-refractivity contribution in [1.82, 2.24) is 4.90 Å². The molecule has 5 heteroatoms. The third-order valence-corrected chi connectivity index (χ3v) is 3.50. The van der Waals surface area contributed by atoms with E-state index in [1.807, 2.05) is 31.2 Å². The average Bonchev–Trinajstić information content (AvgIpc) is 2.49. The highest BCUT2D eigenvalue weighted by Gasteiger charge is 2.17. The Morgan fingerprint density at radius 1 is 1.14 bits per heavy atom. The van der Waals surface area contributed by atoms with Crippen LogP contribution in [0, 0.1) is 17.0 Å². The predicted molar refractivity (Wildman–Crippen MR) is 84.5 cm³/mol. The van der Waals surface area contributed by atoms with E-state index in [1.165, 1.54) is 6.07 Å². The number of nitro groups is 1. The molecule has 1 amide bonds. The van der Waals surface area contributed by atoms with E-state index in [4.69, 9.17) is 0 Å². The Hall–Kier alpha value is -2.69. The van der Waals surface area contributed by atoms with E-state index in [1.54, 1.807) is 30.1 Å². The highest BCUT2D eigenvalue weighted by Crippen LogP contribution is 2.19. The van der Waals surface area contributed by atoms with Crippen LogP contribution >= 0.6 is 0 Å². The second-order valence-electron chi connectivity index (χ2n) is 5.30. The number of likely N-dealkylation sites (N-methyl/N-ethyl adjacent to an activating group) is 1. The molecule has 0 radical (unpaired) electrons. The van der Waals surface area contributed by atoms with E-state index in [-0.39, 0.29) is 18.0 Å². The Morgan fingerprint density at radius 3 is 2.41 bits per heavy atom. The number of hydrogen-bond donors (Lipinski definition) is 0. The van der Waals surface area contributed by atoms with Crippen molar-refractivity contribution in [2.75, 3.05) is 7.05 Å². The first kappa shape index (κ1) is 15.7.